The van der Waals surface area contributed by atoms with Crippen molar-refractivity contribution in [3.05, 3.63) is 55.1 Å². The molecule has 0 atom stereocenters. The fourth-order valence-electron chi connectivity index (χ4n) is 1.52. The maximum absolute atomic E-state index is 11.2. The first-order chi connectivity index (χ1) is 7.31. The Hall–Kier alpha value is -2.09. The van der Waals surface area contributed by atoms with Crippen LogP contribution in [0, 0.1) is 0 Å². The normalized spacial score (nSPS) is 9.87. The van der Waals surface area contributed by atoms with E-state index in [9.17, 15) is 4.79 Å². The van der Waals surface area contributed by atoms with Crippen molar-refractivity contribution in [3.63, 3.8) is 0 Å². The molecule has 0 fully saturated rings. The van der Waals surface area contributed by atoms with Crippen LogP contribution in [0.2, 0.25) is 0 Å². The van der Waals surface area contributed by atoms with Gasteiger partial charge in [0.15, 0.2) is 0 Å². The number of fused-ring (bicyclic) bond motifs is 1. The summed E-state index contributed by atoms with van der Waals surface area (Å²) in [6.07, 6.45) is 1.27. The van der Waals surface area contributed by atoms with Crippen molar-refractivity contribution < 1.29 is 4.79 Å². The molecule has 0 spiro atoms. The van der Waals surface area contributed by atoms with E-state index in [0.29, 0.717) is 0 Å². The largest absolute Gasteiger partial charge is 0.322 e. The molecular weight excluding hydrogens is 186 g/mol. The van der Waals surface area contributed by atoms with Gasteiger partial charge in [-0.25, -0.2) is 0 Å². The number of hydrogen-bond donors (Lipinski definition) is 1. The lowest BCUT2D eigenvalue weighted by Gasteiger charge is -2.06. The molecule has 0 heterocycles. The van der Waals surface area contributed by atoms with Crippen molar-refractivity contribution in [2.45, 2.75) is 0 Å². The number of benzene rings is 2. The summed E-state index contributed by atoms with van der Waals surface area (Å²) in [4.78, 5) is 11.2. The molecule has 2 rings (SSSR count). The van der Waals surface area contributed by atoms with Crippen molar-refractivity contribution >= 4 is 22.4 Å². The standard InChI is InChI=1S/C13H11NO/c1-2-13(15)14-12-9-5-7-10-6-3-4-8-11(10)12/h2-9H,1H2,(H,14,15). The third kappa shape index (κ3) is 1.89. The van der Waals surface area contributed by atoms with E-state index in [2.05, 4.69) is 11.9 Å². The molecule has 2 heteroatoms. The minimum Gasteiger partial charge on any atom is -0.322 e. The highest BCUT2D eigenvalue weighted by atomic mass is 16.1. The van der Waals surface area contributed by atoms with Gasteiger partial charge in [0, 0.05) is 11.1 Å². The van der Waals surface area contributed by atoms with Crippen molar-refractivity contribution in [1.82, 2.24) is 0 Å². The summed E-state index contributed by atoms with van der Waals surface area (Å²) in [6.45, 7) is 3.42. The first-order valence-corrected chi connectivity index (χ1v) is 4.72. The number of carbonyl (C=O) groups excluding carboxylic acids is 1. The van der Waals surface area contributed by atoms with Gasteiger partial charge < -0.3 is 5.32 Å². The Morgan fingerprint density at radius 3 is 2.67 bits per heavy atom. The number of amides is 1. The van der Waals surface area contributed by atoms with Crippen LogP contribution in [-0.2, 0) is 4.79 Å². The van der Waals surface area contributed by atoms with E-state index < -0.39 is 0 Å². The maximum Gasteiger partial charge on any atom is 0.247 e. The molecule has 1 amide bonds. The van der Waals surface area contributed by atoms with E-state index in [-0.39, 0.29) is 5.91 Å². The minimum atomic E-state index is -0.189. The molecule has 1 N–H and O–H groups in total. The van der Waals surface area contributed by atoms with E-state index in [1.165, 1.54) is 6.08 Å². The van der Waals surface area contributed by atoms with E-state index in [1.807, 2.05) is 42.5 Å². The van der Waals surface area contributed by atoms with Crippen LogP contribution in [0.25, 0.3) is 10.8 Å². The predicted octanol–water partition coefficient (Wildman–Crippen LogP) is 2.96. The molecule has 0 aliphatic rings. The first-order valence-electron chi connectivity index (χ1n) is 4.72. The zero-order valence-corrected chi connectivity index (χ0v) is 8.23. The second-order valence-corrected chi connectivity index (χ2v) is 3.22. The van der Waals surface area contributed by atoms with Gasteiger partial charge in [-0.05, 0) is 17.5 Å². The van der Waals surface area contributed by atoms with Crippen LogP contribution in [-0.4, -0.2) is 5.91 Å². The van der Waals surface area contributed by atoms with Crippen molar-refractivity contribution in [2.75, 3.05) is 5.32 Å². The zero-order chi connectivity index (χ0) is 10.7. The van der Waals surface area contributed by atoms with Gasteiger partial charge in [-0.1, -0.05) is 43.0 Å². The Balaban J connectivity index is 2.51. The third-order valence-electron chi connectivity index (χ3n) is 2.23. The second-order valence-electron chi connectivity index (χ2n) is 3.22. The predicted molar refractivity (Wildman–Crippen MR) is 62.8 cm³/mol. The van der Waals surface area contributed by atoms with Crippen molar-refractivity contribution in [1.29, 1.82) is 0 Å². The molecule has 0 aliphatic heterocycles. The molecular formula is C13H11NO. The van der Waals surface area contributed by atoms with Crippen LogP contribution >= 0.6 is 0 Å². The zero-order valence-electron chi connectivity index (χ0n) is 8.23. The van der Waals surface area contributed by atoms with Crippen LogP contribution in [0.5, 0.6) is 0 Å². The smallest absolute Gasteiger partial charge is 0.247 e. The molecule has 74 valence electrons. The minimum absolute atomic E-state index is 0.189. The van der Waals surface area contributed by atoms with E-state index in [1.54, 1.807) is 0 Å². The highest BCUT2D eigenvalue weighted by Gasteiger charge is 2.01. The monoisotopic (exact) mass is 197 g/mol. The topological polar surface area (TPSA) is 29.1 Å². The van der Waals surface area contributed by atoms with Gasteiger partial charge >= 0.3 is 0 Å². The molecule has 0 bridgehead atoms. The number of rotatable bonds is 2. The van der Waals surface area contributed by atoms with Gasteiger partial charge in [0.1, 0.15) is 0 Å². The number of anilines is 1. The third-order valence-corrected chi connectivity index (χ3v) is 2.23. The van der Waals surface area contributed by atoms with Gasteiger partial charge in [0.2, 0.25) is 5.91 Å². The SMILES string of the molecule is C=CC(=O)Nc1cccc2ccccc12. The fraction of sp³-hybridized carbons (Fsp3) is 0. The van der Waals surface area contributed by atoms with Crippen LogP contribution in [0.1, 0.15) is 0 Å². The Morgan fingerprint density at radius 2 is 1.87 bits per heavy atom. The molecule has 2 nitrogen and oxygen atoms in total. The Morgan fingerprint density at radius 1 is 1.13 bits per heavy atom. The molecule has 2 aromatic rings. The van der Waals surface area contributed by atoms with Crippen LogP contribution in [0.4, 0.5) is 5.69 Å². The first kappa shape index (κ1) is 9.46. The second kappa shape index (κ2) is 3.96. The Bertz CT molecular complexity index is 511. The van der Waals surface area contributed by atoms with Crippen LogP contribution in [0.15, 0.2) is 55.1 Å². The lowest BCUT2D eigenvalue weighted by Crippen LogP contribution is -2.07. The summed E-state index contributed by atoms with van der Waals surface area (Å²) >= 11 is 0. The average molecular weight is 197 g/mol. The lowest BCUT2D eigenvalue weighted by molar-refractivity contribution is -0.111. The van der Waals surface area contributed by atoms with Gasteiger partial charge in [0.05, 0.1) is 0 Å². The van der Waals surface area contributed by atoms with Crippen molar-refractivity contribution in [3.8, 4) is 0 Å². The quantitative estimate of drug-likeness (QED) is 0.737. The molecule has 0 aromatic heterocycles. The maximum atomic E-state index is 11.2. The van der Waals surface area contributed by atoms with Gasteiger partial charge in [0.25, 0.3) is 0 Å². The Kier molecular flexibility index (Phi) is 2.50. The summed E-state index contributed by atoms with van der Waals surface area (Å²) < 4.78 is 0. The van der Waals surface area contributed by atoms with E-state index in [0.717, 1.165) is 16.5 Å². The van der Waals surface area contributed by atoms with E-state index >= 15 is 0 Å². The lowest BCUT2D eigenvalue weighted by atomic mass is 10.1. The van der Waals surface area contributed by atoms with Gasteiger partial charge in [-0.2, -0.15) is 0 Å². The molecule has 2 aromatic carbocycles. The van der Waals surface area contributed by atoms with Gasteiger partial charge in [-0.3, -0.25) is 4.79 Å². The van der Waals surface area contributed by atoms with Crippen LogP contribution in [0.3, 0.4) is 0 Å². The summed E-state index contributed by atoms with van der Waals surface area (Å²) in [5.74, 6) is -0.189. The highest BCUT2D eigenvalue weighted by Crippen LogP contribution is 2.22. The number of nitrogens with one attached hydrogen (secondary N) is 1. The molecule has 0 radical (unpaired) electrons. The average Bonchev–Trinajstić information content (AvgIpc) is 2.29. The summed E-state index contributed by atoms with van der Waals surface area (Å²) in [5, 5.41) is 4.93. The molecule has 0 saturated carbocycles. The summed E-state index contributed by atoms with van der Waals surface area (Å²) in [5.41, 5.74) is 0.818. The molecule has 15 heavy (non-hydrogen) atoms. The Labute approximate surface area is 88.2 Å². The molecule has 0 aliphatic carbocycles. The van der Waals surface area contributed by atoms with Gasteiger partial charge in [-0.15, -0.1) is 0 Å². The van der Waals surface area contributed by atoms with Crippen molar-refractivity contribution in [2.24, 2.45) is 0 Å². The fourth-order valence-corrected chi connectivity index (χ4v) is 1.52. The van der Waals surface area contributed by atoms with Crippen LogP contribution < -0.4 is 5.32 Å². The molecule has 0 unspecified atom stereocenters. The number of hydrogen-bond acceptors (Lipinski definition) is 1. The molecule has 0 saturated heterocycles. The number of carbonyl (C=O) groups is 1. The highest BCUT2D eigenvalue weighted by molar-refractivity contribution is 6.05. The van der Waals surface area contributed by atoms with E-state index in [4.69, 9.17) is 0 Å². The summed E-state index contributed by atoms with van der Waals surface area (Å²) in [6, 6.07) is 13.7. The summed E-state index contributed by atoms with van der Waals surface area (Å²) in [7, 11) is 0.